The van der Waals surface area contributed by atoms with Crippen LogP contribution >= 0.6 is 23.2 Å². The molecule has 1 saturated heterocycles. The Kier molecular flexibility index (Phi) is 6.82. The molecule has 20 heavy (non-hydrogen) atoms. The molecular weight excluding hydrogens is 315 g/mol. The first-order chi connectivity index (χ1) is 9.58. The van der Waals surface area contributed by atoms with Crippen LogP contribution in [0.25, 0.3) is 0 Å². The van der Waals surface area contributed by atoms with E-state index in [2.05, 4.69) is 14.6 Å². The minimum Gasteiger partial charge on any atom is -0.445 e. The molecule has 1 aliphatic heterocycles. The lowest BCUT2D eigenvalue weighted by Crippen LogP contribution is -2.32. The van der Waals surface area contributed by atoms with E-state index in [1.807, 2.05) is 0 Å². The van der Waals surface area contributed by atoms with E-state index < -0.39 is 18.0 Å². The lowest BCUT2D eigenvalue weighted by molar-refractivity contribution is -0.177. The van der Waals surface area contributed by atoms with Crippen LogP contribution in [-0.2, 0) is 25.8 Å². The molecule has 2 heterocycles. The summed E-state index contributed by atoms with van der Waals surface area (Å²) in [7, 11) is 0. The van der Waals surface area contributed by atoms with Gasteiger partial charge in [-0.05, 0) is 0 Å². The van der Waals surface area contributed by atoms with E-state index in [9.17, 15) is 14.4 Å². The number of aromatic nitrogens is 1. The van der Waals surface area contributed by atoms with Crippen LogP contribution in [0.15, 0.2) is 17.0 Å². The number of carbonyl (C=O) groups is 3. The predicted octanol–water partition coefficient (Wildman–Crippen LogP) is 1.81. The molecule has 1 aromatic heterocycles. The molecule has 0 atom stereocenters. The molecule has 2 rings (SSSR count). The molecule has 0 bridgehead atoms. The molecule has 8 nitrogen and oxygen atoms in total. The maximum Gasteiger partial charge on any atom is 0.534 e. The molecule has 10 heteroatoms. The molecule has 0 saturated carbocycles. The van der Waals surface area contributed by atoms with Crippen LogP contribution < -0.4 is 0 Å². The number of carbonyl (C=O) groups excluding carboxylic acids is 3. The lowest BCUT2D eigenvalue weighted by atomic mass is 10.4. The first-order valence-corrected chi connectivity index (χ1v) is 6.35. The van der Waals surface area contributed by atoms with E-state index in [4.69, 9.17) is 27.6 Å². The molecule has 1 fully saturated rings. The van der Waals surface area contributed by atoms with Crippen molar-refractivity contribution < 1.29 is 28.4 Å². The molecule has 0 unspecified atom stereocenters. The third-order valence-corrected chi connectivity index (χ3v) is 1.99. The Labute approximate surface area is 123 Å². The number of halogens is 2. The van der Waals surface area contributed by atoms with Crippen molar-refractivity contribution in [3.8, 4) is 0 Å². The SMILES string of the molecule is ClCCl.O=C(OCc1cnco1)ON1C(=O)CCC1=O. The summed E-state index contributed by atoms with van der Waals surface area (Å²) in [6.07, 6.45) is 1.46. The van der Waals surface area contributed by atoms with Gasteiger partial charge in [0.25, 0.3) is 11.8 Å². The summed E-state index contributed by atoms with van der Waals surface area (Å²) in [5, 5.41) is 0.600. The quantitative estimate of drug-likeness (QED) is 0.475. The van der Waals surface area contributed by atoms with Crippen molar-refractivity contribution in [1.82, 2.24) is 10.0 Å². The van der Waals surface area contributed by atoms with Gasteiger partial charge in [-0.25, -0.2) is 9.78 Å². The zero-order valence-electron chi connectivity index (χ0n) is 10.1. The van der Waals surface area contributed by atoms with Crippen LogP contribution in [0, 0.1) is 0 Å². The predicted molar refractivity (Wildman–Crippen MR) is 65.4 cm³/mol. The highest BCUT2D eigenvalue weighted by molar-refractivity contribution is 6.40. The van der Waals surface area contributed by atoms with Crippen LogP contribution in [0.2, 0.25) is 0 Å². The van der Waals surface area contributed by atoms with Gasteiger partial charge in [0.15, 0.2) is 18.8 Å². The van der Waals surface area contributed by atoms with Gasteiger partial charge in [0, 0.05) is 12.8 Å². The Hall–Kier alpha value is -1.80. The Morgan fingerprint density at radius 1 is 1.35 bits per heavy atom. The van der Waals surface area contributed by atoms with Gasteiger partial charge < -0.3 is 9.15 Å². The van der Waals surface area contributed by atoms with Crippen molar-refractivity contribution in [1.29, 1.82) is 0 Å². The van der Waals surface area contributed by atoms with Gasteiger partial charge in [0.2, 0.25) is 0 Å². The zero-order chi connectivity index (χ0) is 15.0. The van der Waals surface area contributed by atoms with Gasteiger partial charge in [-0.1, -0.05) is 5.06 Å². The van der Waals surface area contributed by atoms with E-state index in [1.165, 1.54) is 12.6 Å². The Bertz CT molecular complexity index is 448. The summed E-state index contributed by atoms with van der Waals surface area (Å²) in [5.74, 6) is -0.806. The summed E-state index contributed by atoms with van der Waals surface area (Å²) in [5.41, 5.74) is 0. The van der Waals surface area contributed by atoms with Crippen LogP contribution in [-0.4, -0.2) is 33.4 Å². The van der Waals surface area contributed by atoms with Crippen LogP contribution in [0.3, 0.4) is 0 Å². The number of alkyl halides is 2. The fourth-order valence-electron chi connectivity index (χ4n) is 1.20. The zero-order valence-corrected chi connectivity index (χ0v) is 11.6. The number of imide groups is 1. The molecule has 110 valence electrons. The summed E-state index contributed by atoms with van der Waals surface area (Å²) >= 11 is 9.53. The molecule has 1 aliphatic rings. The largest absolute Gasteiger partial charge is 0.534 e. The third kappa shape index (κ3) is 5.06. The Morgan fingerprint density at radius 3 is 2.45 bits per heavy atom. The van der Waals surface area contributed by atoms with Crippen molar-refractivity contribution in [2.45, 2.75) is 19.4 Å². The van der Waals surface area contributed by atoms with Gasteiger partial charge >= 0.3 is 6.16 Å². The number of nitrogens with zero attached hydrogens (tertiary/aromatic N) is 2. The summed E-state index contributed by atoms with van der Waals surface area (Å²) in [6, 6.07) is 0. The number of rotatable bonds is 3. The highest BCUT2D eigenvalue weighted by Crippen LogP contribution is 2.13. The van der Waals surface area contributed by atoms with E-state index in [0.29, 0.717) is 10.8 Å². The number of ether oxygens (including phenoxy) is 1. The Balaban J connectivity index is 0.000000612. The lowest BCUT2D eigenvalue weighted by Gasteiger charge is -2.11. The average molecular weight is 325 g/mol. The van der Waals surface area contributed by atoms with Crippen molar-refractivity contribution in [2.75, 3.05) is 5.34 Å². The highest BCUT2D eigenvalue weighted by atomic mass is 35.5. The second-order valence-electron chi connectivity index (χ2n) is 3.28. The second-order valence-corrected chi connectivity index (χ2v) is 4.09. The fraction of sp³-hybridized carbons (Fsp3) is 0.400. The van der Waals surface area contributed by atoms with Crippen molar-refractivity contribution in [3.63, 3.8) is 0 Å². The van der Waals surface area contributed by atoms with Crippen molar-refractivity contribution >= 4 is 41.2 Å². The molecule has 2 amide bonds. The van der Waals surface area contributed by atoms with Gasteiger partial charge in [0.05, 0.1) is 11.5 Å². The molecule has 0 aliphatic carbocycles. The number of oxazole rings is 1. The second kappa shape index (κ2) is 8.39. The van der Waals surface area contributed by atoms with Gasteiger partial charge in [-0.3, -0.25) is 14.4 Å². The van der Waals surface area contributed by atoms with Crippen LogP contribution in [0.4, 0.5) is 4.79 Å². The van der Waals surface area contributed by atoms with Crippen LogP contribution in [0.1, 0.15) is 18.6 Å². The minimum absolute atomic E-state index is 0.0359. The molecule has 0 spiro atoms. The van der Waals surface area contributed by atoms with E-state index in [-0.39, 0.29) is 24.8 Å². The maximum atomic E-state index is 11.1. The van der Waals surface area contributed by atoms with Gasteiger partial charge in [-0.2, -0.15) is 0 Å². The van der Waals surface area contributed by atoms with Crippen molar-refractivity contribution in [2.24, 2.45) is 0 Å². The summed E-state index contributed by atoms with van der Waals surface area (Å²) < 4.78 is 9.41. The third-order valence-electron chi connectivity index (χ3n) is 1.99. The Morgan fingerprint density at radius 2 is 1.95 bits per heavy atom. The standard InChI is InChI=1S/C9H8N2O6.CH2Cl2/c12-7-1-2-8(13)11(7)17-9(14)15-4-6-3-10-5-16-6;2-1-3/h3,5H,1-2,4H2;1H2. The molecule has 0 N–H and O–H groups in total. The minimum atomic E-state index is -1.15. The topological polar surface area (TPSA) is 98.9 Å². The number of hydroxylamine groups is 2. The maximum absolute atomic E-state index is 11.1. The monoisotopic (exact) mass is 324 g/mol. The molecule has 0 aromatic carbocycles. The number of amides is 2. The van der Waals surface area contributed by atoms with E-state index in [0.717, 1.165) is 0 Å². The molecule has 1 aromatic rings. The molecular formula is C10H10Cl2N2O6. The van der Waals surface area contributed by atoms with Gasteiger partial charge in [-0.15, -0.1) is 23.2 Å². The average Bonchev–Trinajstić information content (AvgIpc) is 3.02. The smallest absolute Gasteiger partial charge is 0.445 e. The van der Waals surface area contributed by atoms with Gasteiger partial charge in [0.1, 0.15) is 0 Å². The highest BCUT2D eigenvalue weighted by Gasteiger charge is 2.33. The number of hydrogen-bond donors (Lipinski definition) is 0. The summed E-state index contributed by atoms with van der Waals surface area (Å²) in [6.45, 7) is -0.185. The van der Waals surface area contributed by atoms with Crippen LogP contribution in [0.5, 0.6) is 0 Å². The van der Waals surface area contributed by atoms with E-state index >= 15 is 0 Å². The first kappa shape index (κ1) is 16.3. The van der Waals surface area contributed by atoms with E-state index in [1.54, 1.807) is 0 Å². The van der Waals surface area contributed by atoms with Crippen molar-refractivity contribution in [3.05, 3.63) is 18.4 Å². The molecule has 0 radical (unpaired) electrons. The normalized spacial score (nSPS) is 13.8. The summed E-state index contributed by atoms with van der Waals surface area (Å²) in [4.78, 5) is 41.4. The fourth-order valence-corrected chi connectivity index (χ4v) is 1.20. The first-order valence-electron chi connectivity index (χ1n) is 5.28. The number of hydrogen-bond acceptors (Lipinski definition) is 7.